The maximum Gasteiger partial charge on any atom is 0.233 e. The van der Waals surface area contributed by atoms with Crippen molar-refractivity contribution < 1.29 is 9.53 Å². The van der Waals surface area contributed by atoms with Gasteiger partial charge in [0, 0.05) is 17.1 Å². The number of nitrogens with two attached hydrogens (primary N) is 1. The largest absolute Gasteiger partial charge is 0.497 e. The summed E-state index contributed by atoms with van der Waals surface area (Å²) < 4.78 is 6.62. The molecule has 0 saturated carbocycles. The Balaban J connectivity index is 1.43. The summed E-state index contributed by atoms with van der Waals surface area (Å²) in [6.45, 7) is 0.749. The molecule has 1 atom stereocenters. The first-order valence-electron chi connectivity index (χ1n) is 9.59. The van der Waals surface area contributed by atoms with Crippen molar-refractivity contribution in [2.75, 3.05) is 25.3 Å². The van der Waals surface area contributed by atoms with E-state index in [9.17, 15) is 4.79 Å². The molecule has 1 fully saturated rings. The second-order valence-electron chi connectivity index (χ2n) is 6.99. The molecule has 2 N–H and O–H groups in total. The molecule has 9 heteroatoms. The fourth-order valence-electron chi connectivity index (χ4n) is 3.65. The fourth-order valence-corrected chi connectivity index (χ4v) is 4.58. The number of nitrogens with zero attached hydrogens (tertiary/aromatic N) is 4. The molecule has 4 rings (SSSR count). The number of ether oxygens (including phenoxy) is 1. The lowest BCUT2D eigenvalue weighted by Crippen LogP contribution is -2.32. The number of aromatic nitrogens is 3. The van der Waals surface area contributed by atoms with E-state index in [0.717, 1.165) is 36.3 Å². The number of amides is 1. The van der Waals surface area contributed by atoms with Crippen molar-refractivity contribution >= 4 is 29.3 Å². The van der Waals surface area contributed by atoms with Crippen LogP contribution in [0, 0.1) is 0 Å². The van der Waals surface area contributed by atoms with Gasteiger partial charge < -0.3 is 15.5 Å². The van der Waals surface area contributed by atoms with Gasteiger partial charge in [-0.2, -0.15) is 0 Å². The van der Waals surface area contributed by atoms with Crippen molar-refractivity contribution in [2.45, 2.75) is 24.0 Å². The van der Waals surface area contributed by atoms with Crippen LogP contribution in [0.5, 0.6) is 5.75 Å². The van der Waals surface area contributed by atoms with Crippen molar-refractivity contribution in [1.82, 2.24) is 19.8 Å². The lowest BCUT2D eigenvalue weighted by atomic mass is 10.0. The molecule has 3 aromatic rings. The number of hydrogen-bond acceptors (Lipinski definition) is 6. The van der Waals surface area contributed by atoms with E-state index < -0.39 is 0 Å². The number of thioether (sulfide) groups is 1. The number of nitrogen functional groups attached to an aromatic ring is 1. The third-order valence-electron chi connectivity index (χ3n) is 5.15. The topological polar surface area (TPSA) is 86.3 Å². The summed E-state index contributed by atoms with van der Waals surface area (Å²) in [5.74, 6) is 7.78. The van der Waals surface area contributed by atoms with Gasteiger partial charge in [-0.3, -0.25) is 4.79 Å². The predicted octanol–water partition coefficient (Wildman–Crippen LogP) is 3.78. The molecule has 0 aliphatic carbocycles. The van der Waals surface area contributed by atoms with Crippen molar-refractivity contribution in [3.05, 3.63) is 59.1 Å². The molecule has 156 valence electrons. The molecule has 7 nitrogen and oxygen atoms in total. The summed E-state index contributed by atoms with van der Waals surface area (Å²) in [6, 6.07) is 15.2. The molecule has 30 heavy (non-hydrogen) atoms. The van der Waals surface area contributed by atoms with Gasteiger partial charge in [-0.15, -0.1) is 10.2 Å². The number of carbonyl (C=O) groups excluding carboxylic acids is 1. The van der Waals surface area contributed by atoms with Crippen LogP contribution in [0.1, 0.15) is 24.4 Å². The molecule has 2 heterocycles. The van der Waals surface area contributed by atoms with E-state index >= 15 is 0 Å². The maximum absolute atomic E-state index is 12.9. The Morgan fingerprint density at radius 1 is 1.27 bits per heavy atom. The lowest BCUT2D eigenvalue weighted by molar-refractivity contribution is -0.129. The predicted molar refractivity (Wildman–Crippen MR) is 118 cm³/mol. The minimum atomic E-state index is 0.0608. The van der Waals surface area contributed by atoms with Crippen LogP contribution in [0.4, 0.5) is 0 Å². The van der Waals surface area contributed by atoms with Crippen LogP contribution >= 0.6 is 23.4 Å². The van der Waals surface area contributed by atoms with Gasteiger partial charge in [0.05, 0.1) is 18.9 Å². The minimum Gasteiger partial charge on any atom is -0.497 e. The molecular formula is C21H22ClN5O2S. The second kappa shape index (κ2) is 8.97. The molecule has 1 amide bonds. The lowest BCUT2D eigenvalue weighted by Gasteiger charge is -2.25. The first-order chi connectivity index (χ1) is 14.6. The first kappa shape index (κ1) is 20.6. The van der Waals surface area contributed by atoms with Crippen LogP contribution in [0.25, 0.3) is 11.4 Å². The highest BCUT2D eigenvalue weighted by atomic mass is 35.5. The number of hydrogen-bond donors (Lipinski definition) is 1. The summed E-state index contributed by atoms with van der Waals surface area (Å²) in [5.41, 5.74) is 1.90. The van der Waals surface area contributed by atoms with Gasteiger partial charge in [0.2, 0.25) is 11.1 Å². The van der Waals surface area contributed by atoms with Crippen molar-refractivity contribution in [1.29, 1.82) is 0 Å². The summed E-state index contributed by atoms with van der Waals surface area (Å²) >= 11 is 7.33. The first-order valence-corrected chi connectivity index (χ1v) is 11.0. The van der Waals surface area contributed by atoms with Crippen LogP contribution in [-0.2, 0) is 4.79 Å². The van der Waals surface area contributed by atoms with E-state index in [1.54, 1.807) is 19.2 Å². The molecule has 2 aromatic carbocycles. The zero-order valence-electron chi connectivity index (χ0n) is 16.5. The number of rotatable bonds is 6. The van der Waals surface area contributed by atoms with Gasteiger partial charge in [-0.25, -0.2) is 4.68 Å². The van der Waals surface area contributed by atoms with E-state index in [0.29, 0.717) is 16.0 Å². The zero-order chi connectivity index (χ0) is 21.1. The van der Waals surface area contributed by atoms with Gasteiger partial charge >= 0.3 is 0 Å². The van der Waals surface area contributed by atoms with Crippen LogP contribution in [0.3, 0.4) is 0 Å². The van der Waals surface area contributed by atoms with E-state index in [1.807, 2.05) is 41.3 Å². The Bertz CT molecular complexity index is 1040. The zero-order valence-corrected chi connectivity index (χ0v) is 18.1. The van der Waals surface area contributed by atoms with E-state index in [4.69, 9.17) is 22.2 Å². The smallest absolute Gasteiger partial charge is 0.233 e. The van der Waals surface area contributed by atoms with E-state index in [2.05, 4.69) is 10.2 Å². The van der Waals surface area contributed by atoms with Gasteiger partial charge in [-0.05, 0) is 42.7 Å². The fraction of sp³-hybridized carbons (Fsp3) is 0.286. The third kappa shape index (κ3) is 4.24. The number of likely N-dealkylation sites (tertiary alicyclic amines) is 1. The Morgan fingerprint density at radius 2 is 2.07 bits per heavy atom. The molecule has 1 aliphatic heterocycles. The highest BCUT2D eigenvalue weighted by Crippen LogP contribution is 2.33. The molecule has 0 radical (unpaired) electrons. The van der Waals surface area contributed by atoms with Crippen LogP contribution in [-0.4, -0.2) is 45.1 Å². The second-order valence-corrected chi connectivity index (χ2v) is 8.37. The summed E-state index contributed by atoms with van der Waals surface area (Å²) in [6.07, 6.45) is 1.94. The van der Waals surface area contributed by atoms with Crippen LogP contribution in [0.2, 0.25) is 5.02 Å². The molecule has 1 saturated heterocycles. The van der Waals surface area contributed by atoms with Crippen LogP contribution in [0.15, 0.2) is 53.7 Å². The van der Waals surface area contributed by atoms with Gasteiger partial charge in [0.1, 0.15) is 5.75 Å². The molecule has 1 aromatic heterocycles. The summed E-state index contributed by atoms with van der Waals surface area (Å²) in [7, 11) is 1.64. The number of halogens is 1. The minimum absolute atomic E-state index is 0.0608. The summed E-state index contributed by atoms with van der Waals surface area (Å²) in [4.78, 5) is 14.9. The average Bonchev–Trinajstić information content (AvgIpc) is 3.39. The Kier molecular flexibility index (Phi) is 6.15. The standard InChI is InChI=1S/C21H22ClN5O2S/c1-29-17-9-7-14(8-10-17)18-6-3-11-26(18)19(28)13-30-21-25-24-20(27(21)23)15-4-2-5-16(22)12-15/h2,4-5,7-10,12,18H,3,6,11,13,23H2,1H3. The third-order valence-corrected chi connectivity index (χ3v) is 6.31. The van der Waals surface area contributed by atoms with Gasteiger partial charge in [0.25, 0.3) is 0 Å². The van der Waals surface area contributed by atoms with Crippen molar-refractivity contribution in [3.8, 4) is 17.1 Å². The monoisotopic (exact) mass is 443 g/mol. The quantitative estimate of drug-likeness (QED) is 0.461. The number of carbonyl (C=O) groups is 1. The number of benzene rings is 2. The Morgan fingerprint density at radius 3 is 2.80 bits per heavy atom. The Labute approximate surface area is 184 Å². The van der Waals surface area contributed by atoms with Crippen LogP contribution < -0.4 is 10.6 Å². The van der Waals surface area contributed by atoms with Gasteiger partial charge in [0.15, 0.2) is 5.82 Å². The average molecular weight is 444 g/mol. The molecule has 1 aliphatic rings. The highest BCUT2D eigenvalue weighted by molar-refractivity contribution is 7.99. The van der Waals surface area contributed by atoms with E-state index in [-0.39, 0.29) is 17.7 Å². The normalized spacial score (nSPS) is 16.1. The number of methoxy groups -OCH3 is 1. The highest BCUT2D eigenvalue weighted by Gasteiger charge is 2.30. The van der Waals surface area contributed by atoms with Gasteiger partial charge in [-0.1, -0.05) is 47.6 Å². The molecule has 1 unspecified atom stereocenters. The van der Waals surface area contributed by atoms with Crippen molar-refractivity contribution in [3.63, 3.8) is 0 Å². The molecular weight excluding hydrogens is 422 g/mol. The van der Waals surface area contributed by atoms with E-state index in [1.165, 1.54) is 16.4 Å². The maximum atomic E-state index is 12.9. The van der Waals surface area contributed by atoms with Crippen molar-refractivity contribution in [2.24, 2.45) is 0 Å². The Hall–Kier alpha value is -2.71. The SMILES string of the molecule is COc1ccc(C2CCCN2C(=O)CSc2nnc(-c3cccc(Cl)c3)n2N)cc1. The molecule has 0 bridgehead atoms. The molecule has 0 spiro atoms. The summed E-state index contributed by atoms with van der Waals surface area (Å²) in [5, 5.41) is 9.37.